The fraction of sp³-hybridized carbons (Fsp3) is 0.680. The molecule has 2 heterocycles. The molecule has 8 nitrogen and oxygen atoms in total. The molecule has 3 amide bonds. The van der Waals surface area contributed by atoms with Crippen LogP contribution in [-0.2, 0) is 15.0 Å². The molecule has 1 aliphatic carbocycles. The van der Waals surface area contributed by atoms with Crippen molar-refractivity contribution in [3.05, 3.63) is 29.6 Å². The van der Waals surface area contributed by atoms with Crippen molar-refractivity contribution < 1.29 is 14.4 Å². The van der Waals surface area contributed by atoms with Crippen molar-refractivity contribution in [1.29, 1.82) is 0 Å². The summed E-state index contributed by atoms with van der Waals surface area (Å²) in [6.45, 7) is 11.3. The second kappa shape index (κ2) is 10.2. The molecule has 0 bridgehead atoms. The third kappa shape index (κ3) is 5.91. The van der Waals surface area contributed by atoms with Crippen LogP contribution in [0.15, 0.2) is 18.2 Å². The number of hydrogen-bond acceptors (Lipinski definition) is 5. The van der Waals surface area contributed by atoms with Crippen molar-refractivity contribution in [3.8, 4) is 0 Å². The number of carbonyl (C=O) groups excluding carboxylic acids is 3. The molecule has 33 heavy (non-hydrogen) atoms. The van der Waals surface area contributed by atoms with Gasteiger partial charge < -0.3 is 20.4 Å². The summed E-state index contributed by atoms with van der Waals surface area (Å²) in [4.78, 5) is 46.7. The average molecular weight is 458 g/mol. The summed E-state index contributed by atoms with van der Waals surface area (Å²) in [5, 5.41) is 5.98. The van der Waals surface area contributed by atoms with Gasteiger partial charge >= 0.3 is 0 Å². The number of nitrogens with one attached hydrogen (secondary N) is 2. The zero-order valence-corrected chi connectivity index (χ0v) is 20.9. The quantitative estimate of drug-likeness (QED) is 0.682. The largest absolute Gasteiger partial charge is 0.351 e. The van der Waals surface area contributed by atoms with E-state index in [1.54, 1.807) is 6.07 Å². The predicted octanol–water partition coefficient (Wildman–Crippen LogP) is 2.09. The maximum atomic E-state index is 13.3. The number of nitrogens with zero attached hydrogens (tertiary/aromatic N) is 3. The van der Waals surface area contributed by atoms with Gasteiger partial charge in [0, 0.05) is 30.6 Å². The van der Waals surface area contributed by atoms with E-state index < -0.39 is 6.04 Å². The third-order valence-corrected chi connectivity index (χ3v) is 6.99. The SMILES string of the molecule is CCN(C)[C@@H]1CC[C@H](N2CCC(NC(=O)c3cccc(C(C)(C)C)n3)C2=O)[C@H](NC(C)=O)C1. The summed E-state index contributed by atoms with van der Waals surface area (Å²) in [5.41, 5.74) is 0.994. The Balaban J connectivity index is 1.68. The van der Waals surface area contributed by atoms with Crippen LogP contribution in [0.4, 0.5) is 0 Å². The molecule has 1 saturated carbocycles. The van der Waals surface area contributed by atoms with Gasteiger partial charge in [-0.05, 0) is 51.4 Å². The van der Waals surface area contributed by atoms with Gasteiger partial charge in [-0.15, -0.1) is 0 Å². The van der Waals surface area contributed by atoms with E-state index in [9.17, 15) is 14.4 Å². The van der Waals surface area contributed by atoms with Gasteiger partial charge in [0.1, 0.15) is 11.7 Å². The molecule has 2 aliphatic rings. The lowest BCUT2D eigenvalue weighted by molar-refractivity contribution is -0.133. The van der Waals surface area contributed by atoms with Crippen molar-refractivity contribution in [2.24, 2.45) is 0 Å². The molecule has 3 rings (SSSR count). The van der Waals surface area contributed by atoms with E-state index in [0.29, 0.717) is 24.7 Å². The molecule has 182 valence electrons. The minimum Gasteiger partial charge on any atom is -0.351 e. The minimum absolute atomic E-state index is 0.0489. The number of carbonyl (C=O) groups is 3. The molecule has 2 N–H and O–H groups in total. The molecular formula is C25H39N5O3. The van der Waals surface area contributed by atoms with Crippen LogP contribution in [0, 0.1) is 0 Å². The first-order valence-corrected chi connectivity index (χ1v) is 12.1. The number of hydrogen-bond donors (Lipinski definition) is 2. The van der Waals surface area contributed by atoms with Gasteiger partial charge in [0.25, 0.3) is 5.91 Å². The smallest absolute Gasteiger partial charge is 0.270 e. The molecular weight excluding hydrogens is 418 g/mol. The van der Waals surface area contributed by atoms with E-state index in [-0.39, 0.29) is 35.2 Å². The number of likely N-dealkylation sites (tertiary alicyclic amines) is 1. The maximum absolute atomic E-state index is 13.3. The standard InChI is InChI=1S/C25H39N5O3/c1-7-29(6)17-11-12-21(20(15-17)26-16(2)31)30-14-13-19(24(30)33)28-23(32)18-9-8-10-22(27-18)25(3,4)5/h8-10,17,19-21H,7,11-15H2,1-6H3,(H,26,31)(H,28,32)/t17-,19?,20-,21+/m1/s1. The summed E-state index contributed by atoms with van der Waals surface area (Å²) in [7, 11) is 2.10. The molecule has 1 unspecified atom stereocenters. The minimum atomic E-state index is -0.563. The Morgan fingerprint density at radius 3 is 2.55 bits per heavy atom. The van der Waals surface area contributed by atoms with Crippen molar-refractivity contribution >= 4 is 17.7 Å². The summed E-state index contributed by atoms with van der Waals surface area (Å²) in [6.07, 6.45) is 3.20. The second-order valence-corrected chi connectivity index (χ2v) is 10.4. The van der Waals surface area contributed by atoms with Gasteiger partial charge in [-0.2, -0.15) is 0 Å². The average Bonchev–Trinajstić information content (AvgIpc) is 3.12. The highest BCUT2D eigenvalue weighted by molar-refractivity contribution is 5.96. The lowest BCUT2D eigenvalue weighted by Gasteiger charge is -2.43. The van der Waals surface area contributed by atoms with Crippen LogP contribution in [0.1, 0.15) is 76.5 Å². The first-order chi connectivity index (χ1) is 15.5. The Kier molecular flexibility index (Phi) is 7.77. The van der Waals surface area contributed by atoms with Gasteiger partial charge in [0.05, 0.1) is 12.1 Å². The van der Waals surface area contributed by atoms with Crippen LogP contribution in [0.5, 0.6) is 0 Å². The number of pyridine rings is 1. The first-order valence-electron chi connectivity index (χ1n) is 12.1. The molecule has 4 atom stereocenters. The zero-order valence-electron chi connectivity index (χ0n) is 20.9. The monoisotopic (exact) mass is 457 g/mol. The van der Waals surface area contributed by atoms with Crippen LogP contribution < -0.4 is 10.6 Å². The number of rotatable bonds is 6. The van der Waals surface area contributed by atoms with Gasteiger partial charge in [-0.1, -0.05) is 33.8 Å². The topological polar surface area (TPSA) is 94.6 Å². The molecule has 1 aromatic rings. The molecule has 1 aliphatic heterocycles. The van der Waals surface area contributed by atoms with E-state index in [1.807, 2.05) is 37.8 Å². The number of aromatic nitrogens is 1. The van der Waals surface area contributed by atoms with Crippen molar-refractivity contribution in [1.82, 2.24) is 25.4 Å². The number of amides is 3. The van der Waals surface area contributed by atoms with Gasteiger partial charge in [-0.3, -0.25) is 14.4 Å². The van der Waals surface area contributed by atoms with Crippen LogP contribution in [-0.4, -0.2) is 76.8 Å². The summed E-state index contributed by atoms with van der Waals surface area (Å²) in [5.74, 6) is -0.475. The van der Waals surface area contributed by atoms with Crippen LogP contribution in [0.3, 0.4) is 0 Å². The Morgan fingerprint density at radius 2 is 1.91 bits per heavy atom. The van der Waals surface area contributed by atoms with E-state index in [1.165, 1.54) is 6.92 Å². The van der Waals surface area contributed by atoms with E-state index in [0.717, 1.165) is 31.5 Å². The molecule has 1 aromatic heterocycles. The molecule has 8 heteroatoms. The molecule has 0 radical (unpaired) electrons. The Morgan fingerprint density at radius 1 is 1.18 bits per heavy atom. The van der Waals surface area contributed by atoms with Gasteiger partial charge in [0.15, 0.2) is 0 Å². The third-order valence-electron chi connectivity index (χ3n) is 6.99. The highest BCUT2D eigenvalue weighted by Gasteiger charge is 2.43. The molecule has 1 saturated heterocycles. The lowest BCUT2D eigenvalue weighted by atomic mass is 9.85. The summed E-state index contributed by atoms with van der Waals surface area (Å²) in [6, 6.07) is 5.11. The Bertz CT molecular complexity index is 881. The summed E-state index contributed by atoms with van der Waals surface area (Å²) < 4.78 is 0. The fourth-order valence-corrected chi connectivity index (χ4v) is 4.96. The van der Waals surface area contributed by atoms with Crippen molar-refractivity contribution in [3.63, 3.8) is 0 Å². The fourth-order valence-electron chi connectivity index (χ4n) is 4.96. The molecule has 2 fully saturated rings. The second-order valence-electron chi connectivity index (χ2n) is 10.4. The zero-order chi connectivity index (χ0) is 24.3. The van der Waals surface area contributed by atoms with Crippen molar-refractivity contribution in [2.75, 3.05) is 20.1 Å². The van der Waals surface area contributed by atoms with Crippen LogP contribution >= 0.6 is 0 Å². The first kappa shape index (κ1) is 25.1. The Hall–Kier alpha value is -2.48. The normalized spacial score (nSPS) is 25.9. The van der Waals surface area contributed by atoms with Gasteiger partial charge in [-0.25, -0.2) is 4.98 Å². The highest BCUT2D eigenvalue weighted by Crippen LogP contribution is 2.29. The summed E-state index contributed by atoms with van der Waals surface area (Å²) >= 11 is 0. The van der Waals surface area contributed by atoms with E-state index >= 15 is 0 Å². The van der Waals surface area contributed by atoms with E-state index in [4.69, 9.17) is 0 Å². The predicted molar refractivity (Wildman–Crippen MR) is 128 cm³/mol. The lowest BCUT2D eigenvalue weighted by Crippen LogP contribution is -2.58. The van der Waals surface area contributed by atoms with Crippen molar-refractivity contribution in [2.45, 2.75) is 89.9 Å². The van der Waals surface area contributed by atoms with E-state index in [2.05, 4.69) is 34.5 Å². The van der Waals surface area contributed by atoms with Crippen LogP contribution in [0.2, 0.25) is 0 Å². The van der Waals surface area contributed by atoms with Gasteiger partial charge in [0.2, 0.25) is 11.8 Å². The molecule has 0 spiro atoms. The highest BCUT2D eigenvalue weighted by atomic mass is 16.2. The maximum Gasteiger partial charge on any atom is 0.270 e. The Labute approximate surface area is 197 Å². The molecule has 0 aromatic carbocycles. The van der Waals surface area contributed by atoms with Crippen LogP contribution in [0.25, 0.3) is 0 Å².